The van der Waals surface area contributed by atoms with E-state index in [0.29, 0.717) is 5.82 Å². The van der Waals surface area contributed by atoms with Gasteiger partial charge in [-0.2, -0.15) is 0 Å². The number of carbonyl (C=O) groups is 1. The topological polar surface area (TPSA) is 83.0 Å². The number of aromatic amines is 1. The zero-order valence-electron chi connectivity index (χ0n) is 12.3. The van der Waals surface area contributed by atoms with E-state index >= 15 is 0 Å². The first-order chi connectivity index (χ1) is 9.75. The van der Waals surface area contributed by atoms with E-state index in [4.69, 9.17) is 5.11 Å². The van der Waals surface area contributed by atoms with Gasteiger partial charge >= 0.3 is 5.97 Å². The van der Waals surface area contributed by atoms with E-state index in [1.807, 2.05) is 24.3 Å². The Bertz CT molecular complexity index is 710. The van der Waals surface area contributed by atoms with Gasteiger partial charge in [-0.05, 0) is 11.0 Å². The maximum atomic E-state index is 11.6. The lowest BCUT2D eigenvalue weighted by atomic mass is 9.87. The molecule has 0 amide bonds. The van der Waals surface area contributed by atoms with Crippen LogP contribution in [0.5, 0.6) is 0 Å². The summed E-state index contributed by atoms with van der Waals surface area (Å²) in [5.74, 6) is -0.624. The van der Waals surface area contributed by atoms with Gasteiger partial charge in [-0.15, -0.1) is 0 Å². The highest BCUT2D eigenvalue weighted by Gasteiger charge is 2.14. The first kappa shape index (κ1) is 15.0. The van der Waals surface area contributed by atoms with Crippen molar-refractivity contribution in [3.63, 3.8) is 0 Å². The minimum atomic E-state index is -1.01. The Morgan fingerprint density at radius 3 is 2.38 bits per heavy atom. The van der Waals surface area contributed by atoms with Crippen LogP contribution >= 0.6 is 0 Å². The monoisotopic (exact) mass is 286 g/mol. The van der Waals surface area contributed by atoms with E-state index < -0.39 is 5.97 Å². The molecule has 110 valence electrons. The van der Waals surface area contributed by atoms with Gasteiger partial charge in [0.1, 0.15) is 5.82 Å². The second kappa shape index (κ2) is 5.52. The predicted octanol–water partition coefficient (Wildman–Crippen LogP) is 2.36. The third kappa shape index (κ3) is 3.78. The van der Waals surface area contributed by atoms with Gasteiger partial charge in [0.15, 0.2) is 0 Å². The van der Waals surface area contributed by atoms with Crippen LogP contribution in [0.25, 0.3) is 11.4 Å². The van der Waals surface area contributed by atoms with Gasteiger partial charge in [0.05, 0.1) is 12.1 Å². The summed E-state index contributed by atoms with van der Waals surface area (Å²) < 4.78 is 0. The van der Waals surface area contributed by atoms with Gasteiger partial charge in [0, 0.05) is 11.6 Å². The van der Waals surface area contributed by atoms with Crippen LogP contribution in [0, 0.1) is 0 Å². The first-order valence-corrected chi connectivity index (χ1v) is 6.68. The molecule has 0 radical (unpaired) electrons. The molecule has 2 aromatic rings. The maximum absolute atomic E-state index is 11.6. The van der Waals surface area contributed by atoms with E-state index in [1.165, 1.54) is 11.6 Å². The fraction of sp³-hybridized carbons (Fsp3) is 0.312. The summed E-state index contributed by atoms with van der Waals surface area (Å²) in [5.41, 5.74) is 1.88. The molecule has 0 fully saturated rings. The molecule has 0 atom stereocenters. The van der Waals surface area contributed by atoms with Crippen molar-refractivity contribution in [1.82, 2.24) is 9.97 Å². The smallest absolute Gasteiger partial charge is 0.309 e. The van der Waals surface area contributed by atoms with Crippen molar-refractivity contribution in [2.45, 2.75) is 32.6 Å². The second-order valence-electron chi connectivity index (χ2n) is 5.98. The number of nitrogens with zero attached hydrogens (tertiary/aromatic N) is 1. The van der Waals surface area contributed by atoms with Crippen molar-refractivity contribution >= 4 is 5.97 Å². The van der Waals surface area contributed by atoms with Crippen LogP contribution in [0.2, 0.25) is 0 Å². The quantitative estimate of drug-likeness (QED) is 0.907. The lowest BCUT2D eigenvalue weighted by Crippen LogP contribution is -2.13. The SMILES string of the molecule is CC(C)(C)c1ccc(-c2nc(CC(=O)O)cc(=O)[nH]2)cc1. The van der Waals surface area contributed by atoms with Crippen LogP contribution < -0.4 is 5.56 Å². The molecular weight excluding hydrogens is 268 g/mol. The standard InChI is InChI=1S/C16H18N2O3/c1-16(2,3)11-6-4-10(5-7-11)15-17-12(9-14(20)21)8-13(19)18-15/h4-8H,9H2,1-3H3,(H,20,21)(H,17,18,19). The third-order valence-electron chi connectivity index (χ3n) is 3.15. The van der Waals surface area contributed by atoms with Crippen molar-refractivity contribution in [2.75, 3.05) is 0 Å². The van der Waals surface area contributed by atoms with Crippen LogP contribution in [-0.2, 0) is 16.6 Å². The lowest BCUT2D eigenvalue weighted by Gasteiger charge is -2.19. The van der Waals surface area contributed by atoms with Crippen molar-refractivity contribution in [1.29, 1.82) is 0 Å². The number of benzene rings is 1. The normalized spacial score (nSPS) is 11.4. The molecule has 0 saturated heterocycles. The molecule has 5 heteroatoms. The van der Waals surface area contributed by atoms with Crippen LogP contribution in [0.15, 0.2) is 35.1 Å². The molecule has 5 nitrogen and oxygen atoms in total. The average Bonchev–Trinajstić information content (AvgIpc) is 2.36. The van der Waals surface area contributed by atoms with Gasteiger partial charge < -0.3 is 10.1 Å². The Labute approximate surface area is 122 Å². The number of aliphatic carboxylic acids is 1. The second-order valence-corrected chi connectivity index (χ2v) is 5.98. The van der Waals surface area contributed by atoms with E-state index in [9.17, 15) is 9.59 Å². The minimum Gasteiger partial charge on any atom is -0.481 e. The highest BCUT2D eigenvalue weighted by molar-refractivity contribution is 5.69. The van der Waals surface area contributed by atoms with Crippen LogP contribution in [0.1, 0.15) is 32.0 Å². The third-order valence-corrected chi connectivity index (χ3v) is 3.15. The highest BCUT2D eigenvalue weighted by Crippen LogP contribution is 2.24. The zero-order chi connectivity index (χ0) is 15.6. The van der Waals surface area contributed by atoms with E-state index in [1.54, 1.807) is 0 Å². The molecule has 0 aliphatic heterocycles. The molecule has 1 heterocycles. The Balaban J connectivity index is 2.40. The molecule has 0 bridgehead atoms. The van der Waals surface area contributed by atoms with Crippen molar-refractivity contribution in [2.24, 2.45) is 0 Å². The molecule has 21 heavy (non-hydrogen) atoms. The Morgan fingerprint density at radius 2 is 1.86 bits per heavy atom. The minimum absolute atomic E-state index is 0.0462. The summed E-state index contributed by atoms with van der Waals surface area (Å²) in [6.07, 6.45) is -0.267. The number of carboxylic acids is 1. The van der Waals surface area contributed by atoms with Crippen LogP contribution in [0.3, 0.4) is 0 Å². The van der Waals surface area contributed by atoms with Gasteiger partial charge in [0.25, 0.3) is 5.56 Å². The molecule has 0 aliphatic carbocycles. The van der Waals surface area contributed by atoms with E-state index in [-0.39, 0.29) is 23.1 Å². The summed E-state index contributed by atoms with van der Waals surface area (Å²) in [6.45, 7) is 6.36. The number of carboxylic acid groups (broad SMARTS) is 1. The highest BCUT2D eigenvalue weighted by atomic mass is 16.4. The van der Waals surface area contributed by atoms with E-state index in [0.717, 1.165) is 5.56 Å². The van der Waals surface area contributed by atoms with Gasteiger partial charge in [0.2, 0.25) is 0 Å². The molecule has 2 N–H and O–H groups in total. The van der Waals surface area contributed by atoms with Gasteiger partial charge in [-0.1, -0.05) is 45.0 Å². The number of H-pyrrole nitrogens is 1. The summed E-state index contributed by atoms with van der Waals surface area (Å²) in [5, 5.41) is 8.79. The van der Waals surface area contributed by atoms with Gasteiger partial charge in [-0.3, -0.25) is 9.59 Å². The summed E-state index contributed by atoms with van der Waals surface area (Å²) >= 11 is 0. The molecule has 0 unspecified atom stereocenters. The lowest BCUT2D eigenvalue weighted by molar-refractivity contribution is -0.136. The molecule has 2 rings (SSSR count). The molecule has 0 aliphatic rings. The predicted molar refractivity (Wildman–Crippen MR) is 80.3 cm³/mol. The summed E-state index contributed by atoms with van der Waals surface area (Å²) in [4.78, 5) is 29.2. The number of hydrogen-bond acceptors (Lipinski definition) is 3. The van der Waals surface area contributed by atoms with E-state index in [2.05, 4.69) is 30.7 Å². The first-order valence-electron chi connectivity index (χ1n) is 6.68. The zero-order valence-corrected chi connectivity index (χ0v) is 12.3. The van der Waals surface area contributed by atoms with Crippen molar-refractivity contribution < 1.29 is 9.90 Å². The Hall–Kier alpha value is -2.43. The number of aromatic nitrogens is 2. The molecule has 1 aromatic heterocycles. The summed E-state index contributed by atoms with van der Waals surface area (Å²) in [6, 6.07) is 8.94. The number of nitrogens with one attached hydrogen (secondary N) is 1. The fourth-order valence-corrected chi connectivity index (χ4v) is 2.02. The average molecular weight is 286 g/mol. The number of rotatable bonds is 3. The van der Waals surface area contributed by atoms with Gasteiger partial charge in [-0.25, -0.2) is 4.98 Å². The largest absolute Gasteiger partial charge is 0.481 e. The molecule has 1 aromatic carbocycles. The summed E-state index contributed by atoms with van der Waals surface area (Å²) in [7, 11) is 0. The fourth-order valence-electron chi connectivity index (χ4n) is 2.02. The van der Waals surface area contributed by atoms with Crippen molar-refractivity contribution in [3.05, 3.63) is 51.9 Å². The Morgan fingerprint density at radius 1 is 1.24 bits per heavy atom. The van der Waals surface area contributed by atoms with Crippen molar-refractivity contribution in [3.8, 4) is 11.4 Å². The number of hydrogen-bond donors (Lipinski definition) is 2. The Kier molecular flexibility index (Phi) is 3.93. The van der Waals surface area contributed by atoms with Crippen LogP contribution in [-0.4, -0.2) is 21.0 Å². The molecular formula is C16H18N2O3. The molecule has 0 saturated carbocycles. The van der Waals surface area contributed by atoms with Crippen LogP contribution in [0.4, 0.5) is 0 Å². The molecule has 0 spiro atoms. The maximum Gasteiger partial charge on any atom is 0.309 e.